The number of β-amino-alcohol motifs (C(OH)–C–C–N with tert-alkyl or cyclic N) is 1. The number of nitrogens with zero attached hydrogens (tertiary/aromatic N) is 2. The molecule has 2 fully saturated rings. The van der Waals surface area contributed by atoms with E-state index in [1.165, 1.54) is 26.2 Å². The molecule has 3 unspecified atom stereocenters. The second-order valence-electron chi connectivity index (χ2n) is 26.4. The molecule has 11 amide bonds. The largest absolute Gasteiger partial charge is 0.615 e. The third-order valence-electron chi connectivity index (χ3n) is 18.6. The molecule has 0 bridgehead atoms. The highest BCUT2D eigenvalue weighted by molar-refractivity contribution is 7.99. The van der Waals surface area contributed by atoms with Crippen LogP contribution in [0.4, 0.5) is 5.69 Å². The number of piperidine rings is 1. The van der Waals surface area contributed by atoms with E-state index in [1.807, 2.05) is 13.8 Å². The van der Waals surface area contributed by atoms with Crippen molar-refractivity contribution in [2.45, 2.75) is 131 Å². The molecular weight excluding hydrogens is 1470 g/mol. The number of rotatable bonds is 47. The molecule has 0 spiro atoms. The molecule has 616 valence electrons. The highest BCUT2D eigenvalue weighted by Gasteiger charge is 2.46. The van der Waals surface area contributed by atoms with Gasteiger partial charge in [0.15, 0.2) is 11.4 Å². The van der Waals surface area contributed by atoms with Crippen molar-refractivity contribution in [3.63, 3.8) is 0 Å². The molecule has 1 aromatic carbocycles. The summed E-state index contributed by atoms with van der Waals surface area (Å²) in [4.78, 5) is 148. The van der Waals surface area contributed by atoms with Crippen molar-refractivity contribution in [3.05, 3.63) is 35.4 Å². The minimum atomic E-state index is -2.28. The minimum absolute atomic E-state index is 0.0599. The Labute approximate surface area is 642 Å². The smallest absolute Gasteiger partial charge is 0.253 e. The first-order valence-electron chi connectivity index (χ1n) is 36.9. The first-order valence-corrected chi connectivity index (χ1v) is 39.3. The molecule has 4 heterocycles. The molecule has 5 rings (SSSR count). The molecule has 0 saturated carbocycles. The number of hydrogen-bond acceptors (Lipinski definition) is 28. The fourth-order valence-corrected chi connectivity index (χ4v) is 15.0. The molecule has 4 aliphatic heterocycles. The normalized spacial score (nSPS) is 22.2. The Morgan fingerprint density at radius 2 is 1.33 bits per heavy atom. The summed E-state index contributed by atoms with van der Waals surface area (Å²) in [5.74, 6) is -10.7. The van der Waals surface area contributed by atoms with Gasteiger partial charge in [0.25, 0.3) is 11.8 Å². The summed E-state index contributed by atoms with van der Waals surface area (Å²) >= 11 is -0.674. The zero-order chi connectivity index (χ0) is 79.6. The Balaban J connectivity index is 1.15. The van der Waals surface area contributed by atoms with Crippen molar-refractivity contribution in [2.75, 3.05) is 183 Å². The number of amides is 11. The molecular formula is C70H114N12O25S2. The van der Waals surface area contributed by atoms with Gasteiger partial charge >= 0.3 is 0 Å². The van der Waals surface area contributed by atoms with E-state index in [1.54, 1.807) is 28.8 Å². The third kappa shape index (κ3) is 33.1. The maximum atomic E-state index is 15.4. The fraction of sp³-hybridized carbons (Fsp3) is 0.729. The maximum absolute atomic E-state index is 15.4. The van der Waals surface area contributed by atoms with Gasteiger partial charge in [-0.25, -0.2) is 0 Å². The third-order valence-corrected chi connectivity index (χ3v) is 21.6. The first-order chi connectivity index (χ1) is 52.4. The Morgan fingerprint density at radius 3 is 1.87 bits per heavy atom. The lowest BCUT2D eigenvalue weighted by Crippen LogP contribution is -2.59. The van der Waals surface area contributed by atoms with Crippen LogP contribution in [0.3, 0.4) is 0 Å². The lowest BCUT2D eigenvalue weighted by Gasteiger charge is -2.32. The first kappa shape index (κ1) is 92.7. The summed E-state index contributed by atoms with van der Waals surface area (Å²) in [6.45, 7) is 8.68. The molecule has 0 aliphatic carbocycles. The van der Waals surface area contributed by atoms with Gasteiger partial charge in [0.1, 0.15) is 23.6 Å². The SMILES string of the molecule is CC[C@H](C)[C@H](CCNC(=O)CN)C(=O)NCC(=O)N[C@@H]1C[S+]([O-])C2Nc3c(ccc(OC)c3CSC3CCN(C(=O)CCOCCOCCOCCOCCOCCOCCOCCOCCN4C(=O)C=CC4=O)CC3)C2C[C@@H](CO)NC(=O)[C@H]([C@@H](C)[C@@H](O)CO)NC(=O)C[C@@H](O)CNC(=O)[C@H](CC(N)=O)NC1=O. The second kappa shape index (κ2) is 51.6. The van der Waals surface area contributed by atoms with Crippen LogP contribution in [-0.2, 0) is 108 Å². The van der Waals surface area contributed by atoms with Gasteiger partial charge in [-0.2, -0.15) is 11.8 Å². The van der Waals surface area contributed by atoms with Gasteiger partial charge < -0.3 is 127 Å². The lowest BCUT2D eigenvalue weighted by atomic mass is 9.88. The number of fused-ring (bicyclic) bond motifs is 3. The minimum Gasteiger partial charge on any atom is -0.615 e. The fourth-order valence-electron chi connectivity index (χ4n) is 12.1. The van der Waals surface area contributed by atoms with E-state index < -0.39 is 163 Å². The van der Waals surface area contributed by atoms with E-state index in [-0.39, 0.29) is 87.6 Å². The van der Waals surface area contributed by atoms with Crippen molar-refractivity contribution in [1.29, 1.82) is 0 Å². The number of aliphatic hydroxyl groups excluding tert-OH is 4. The van der Waals surface area contributed by atoms with Gasteiger partial charge in [-0.15, -0.1) is 0 Å². The number of carbonyl (C=O) groups excluding carboxylic acids is 11. The Bertz CT molecular complexity index is 3050. The summed E-state index contributed by atoms with van der Waals surface area (Å²) in [7, 11) is 1.48. The van der Waals surface area contributed by atoms with Crippen LogP contribution < -0.4 is 58.7 Å². The van der Waals surface area contributed by atoms with Crippen LogP contribution in [0.1, 0.15) is 89.2 Å². The van der Waals surface area contributed by atoms with Gasteiger partial charge in [0.05, 0.1) is 189 Å². The molecule has 0 aromatic heterocycles. The van der Waals surface area contributed by atoms with Gasteiger partial charge in [-0.3, -0.25) is 57.6 Å². The zero-order valence-corrected chi connectivity index (χ0v) is 64.3. The van der Waals surface area contributed by atoms with Crippen LogP contribution in [0.2, 0.25) is 0 Å². The Kier molecular flexibility index (Phi) is 43.9. The number of nitrogens with one attached hydrogen (secondary N) is 8. The van der Waals surface area contributed by atoms with Gasteiger partial charge in [0.2, 0.25) is 53.2 Å². The van der Waals surface area contributed by atoms with Crippen molar-refractivity contribution in [2.24, 2.45) is 29.2 Å². The molecule has 4 aliphatic rings. The van der Waals surface area contributed by atoms with Crippen molar-refractivity contribution in [1.82, 2.24) is 47.0 Å². The molecule has 37 nitrogen and oxygen atoms in total. The standard InChI is InChI=1S/C70H114N12O25S2/c1-5-44(2)49(10-14-73-59(89)37-71)66(94)75-39-60(90)77-54-43-109(98)70-51(34-46(40-83)76-69(97)64(45(3)55(86)41-84)79-58(88)35-47(85)38-74-67(95)53(36-57(72)87)78-68(54)96)50-6-7-56(99-4)52(65(50)80-70)42-108-48-11-15-81(16-12-48)61(91)13-18-100-20-22-102-24-26-104-28-30-106-32-33-107-31-29-105-27-25-103-23-21-101-19-17-82-62(92)8-9-63(82)93/h6-9,44-49,51,53-55,64,70,80,83-86H,5,10-43,71H2,1-4H3,(H2,72,87)(H,73,89)(H,74,95)(H,75,94)(H,76,97)(H,77,90)(H,78,96)(H,79,88)/t44-,45-,46-,47+,49-,51?,53-,54+,55-,64-,70?,109?/m0/s1. The van der Waals surface area contributed by atoms with Crippen molar-refractivity contribution in [3.8, 4) is 5.75 Å². The number of carbonyl (C=O) groups is 11. The molecule has 1 aromatic rings. The number of thioether (sulfide) groups is 1. The van der Waals surface area contributed by atoms with E-state index in [9.17, 15) is 73.2 Å². The second-order valence-corrected chi connectivity index (χ2v) is 29.3. The van der Waals surface area contributed by atoms with E-state index in [0.29, 0.717) is 147 Å². The van der Waals surface area contributed by atoms with E-state index in [2.05, 4.69) is 42.5 Å². The summed E-state index contributed by atoms with van der Waals surface area (Å²) < 4.78 is 65.6. The highest BCUT2D eigenvalue weighted by atomic mass is 32.2. The van der Waals surface area contributed by atoms with E-state index >= 15 is 4.55 Å². The number of nitrogens with two attached hydrogens (primary N) is 2. The maximum Gasteiger partial charge on any atom is 0.253 e. The van der Waals surface area contributed by atoms with Gasteiger partial charge in [-0.1, -0.05) is 33.3 Å². The average molecular weight is 1590 g/mol. The van der Waals surface area contributed by atoms with Crippen LogP contribution in [0.15, 0.2) is 24.3 Å². The van der Waals surface area contributed by atoms with E-state index in [4.69, 9.17) is 54.1 Å². The summed E-state index contributed by atoms with van der Waals surface area (Å²) in [6.07, 6.45) is -0.253. The summed E-state index contributed by atoms with van der Waals surface area (Å²) in [5.41, 5.74) is 12.6. The van der Waals surface area contributed by atoms with Crippen LogP contribution in [0.5, 0.6) is 5.75 Å². The van der Waals surface area contributed by atoms with Crippen molar-refractivity contribution >= 4 is 93.6 Å². The number of hydrogen-bond donors (Lipinski definition) is 14. The van der Waals surface area contributed by atoms with Crippen LogP contribution in [0, 0.1) is 17.8 Å². The number of imide groups is 1. The number of methoxy groups -OCH3 is 1. The van der Waals surface area contributed by atoms with Crippen LogP contribution in [-0.4, -0.2) is 324 Å². The number of ether oxygens (including phenoxy) is 9. The van der Waals surface area contributed by atoms with Crippen LogP contribution in [0.25, 0.3) is 0 Å². The lowest BCUT2D eigenvalue weighted by molar-refractivity contribution is -0.138. The number of aliphatic hydroxyl groups is 4. The molecule has 109 heavy (non-hydrogen) atoms. The topological polar surface area (TPSA) is 530 Å². The quantitative estimate of drug-likeness (QED) is 0.0166. The molecule has 2 saturated heterocycles. The van der Waals surface area contributed by atoms with Gasteiger partial charge in [0, 0.05) is 72.4 Å². The predicted molar refractivity (Wildman–Crippen MR) is 396 cm³/mol. The number of benzene rings is 1. The van der Waals surface area contributed by atoms with E-state index in [0.717, 1.165) is 4.90 Å². The molecule has 16 N–H and O–H groups in total. The summed E-state index contributed by atoms with van der Waals surface area (Å²) in [6, 6.07) is -2.88. The highest BCUT2D eigenvalue weighted by Crippen LogP contribution is 2.47. The summed E-state index contributed by atoms with van der Waals surface area (Å²) in [5, 5.41) is 62.6. The predicted octanol–water partition coefficient (Wildman–Crippen LogP) is -4.74. The van der Waals surface area contributed by atoms with Crippen molar-refractivity contribution < 1.29 is 120 Å². The number of primary amides is 1. The average Bonchev–Trinajstić information content (AvgIpc) is 1.62. The molecule has 39 heteroatoms. The van der Waals surface area contributed by atoms with Gasteiger partial charge in [-0.05, 0) is 54.4 Å². The monoisotopic (exact) mass is 1590 g/mol. The van der Waals surface area contributed by atoms with Crippen LogP contribution >= 0.6 is 11.8 Å². The number of anilines is 1. The zero-order valence-electron chi connectivity index (χ0n) is 62.7. The molecule has 0 radical (unpaired) electrons. The molecule has 12 atom stereocenters. The Morgan fingerprint density at radius 1 is 0.752 bits per heavy atom. The Hall–Kier alpha value is -6.93. The number of likely N-dealkylation sites (tertiary alicyclic amines) is 1.